The standard InChI is InChI=1S/C10H14O5/c1-2-5-13-9(11)3-4-10(12)15-7-8-6-14-8/h3-4,8H,2,5-7H2,1H3. The highest BCUT2D eigenvalue weighted by atomic mass is 16.6. The Bertz CT molecular complexity index is 255. The summed E-state index contributed by atoms with van der Waals surface area (Å²) in [6.45, 7) is 3.12. The zero-order chi connectivity index (χ0) is 11.1. The Labute approximate surface area is 88.0 Å². The molecule has 15 heavy (non-hydrogen) atoms. The molecule has 84 valence electrons. The van der Waals surface area contributed by atoms with Crippen LogP contribution in [0.4, 0.5) is 0 Å². The summed E-state index contributed by atoms with van der Waals surface area (Å²) in [4.78, 5) is 21.9. The van der Waals surface area contributed by atoms with Crippen LogP contribution < -0.4 is 0 Å². The van der Waals surface area contributed by atoms with Gasteiger partial charge in [-0.3, -0.25) is 0 Å². The van der Waals surface area contributed by atoms with E-state index in [2.05, 4.69) is 0 Å². The first kappa shape index (κ1) is 11.7. The third kappa shape index (κ3) is 5.85. The van der Waals surface area contributed by atoms with Crippen LogP contribution in [0.1, 0.15) is 13.3 Å². The fraction of sp³-hybridized carbons (Fsp3) is 0.600. The normalized spacial score (nSPS) is 18.9. The zero-order valence-electron chi connectivity index (χ0n) is 8.60. The van der Waals surface area contributed by atoms with Crippen molar-refractivity contribution in [2.45, 2.75) is 19.4 Å². The SMILES string of the molecule is CCCOC(=O)C=CC(=O)OCC1CO1. The number of ether oxygens (including phenoxy) is 3. The molecule has 0 bridgehead atoms. The van der Waals surface area contributed by atoms with Crippen molar-refractivity contribution in [3.63, 3.8) is 0 Å². The summed E-state index contributed by atoms with van der Waals surface area (Å²) in [6, 6.07) is 0. The average Bonchev–Trinajstić information content (AvgIpc) is 3.04. The van der Waals surface area contributed by atoms with Gasteiger partial charge in [0, 0.05) is 12.2 Å². The summed E-state index contributed by atoms with van der Waals surface area (Å²) in [5, 5.41) is 0. The molecule has 1 rings (SSSR count). The van der Waals surface area contributed by atoms with E-state index in [1.807, 2.05) is 6.92 Å². The lowest BCUT2D eigenvalue weighted by Gasteiger charge is -1.98. The maximum Gasteiger partial charge on any atom is 0.331 e. The Hall–Kier alpha value is -1.36. The van der Waals surface area contributed by atoms with Crippen LogP contribution in [0.2, 0.25) is 0 Å². The Morgan fingerprint density at radius 1 is 1.33 bits per heavy atom. The summed E-state index contributed by atoms with van der Waals surface area (Å²) in [6.07, 6.45) is 2.91. The molecule has 5 nitrogen and oxygen atoms in total. The van der Waals surface area contributed by atoms with Crippen molar-refractivity contribution in [1.82, 2.24) is 0 Å². The maximum absolute atomic E-state index is 11.0. The van der Waals surface area contributed by atoms with E-state index in [0.717, 1.165) is 18.6 Å². The Morgan fingerprint density at radius 2 is 1.93 bits per heavy atom. The van der Waals surface area contributed by atoms with Crippen LogP contribution in [0.15, 0.2) is 12.2 Å². The first-order chi connectivity index (χ1) is 7.22. The molecule has 1 aliphatic heterocycles. The maximum atomic E-state index is 11.0. The van der Waals surface area contributed by atoms with Crippen molar-refractivity contribution in [2.24, 2.45) is 0 Å². The van der Waals surface area contributed by atoms with E-state index in [4.69, 9.17) is 14.2 Å². The summed E-state index contributed by atoms with van der Waals surface area (Å²) in [5.41, 5.74) is 0. The topological polar surface area (TPSA) is 65.1 Å². The molecule has 1 heterocycles. The smallest absolute Gasteiger partial charge is 0.331 e. The van der Waals surface area contributed by atoms with Crippen LogP contribution in [0.25, 0.3) is 0 Å². The van der Waals surface area contributed by atoms with E-state index < -0.39 is 11.9 Å². The summed E-state index contributed by atoms with van der Waals surface area (Å²) < 4.78 is 14.3. The molecule has 1 atom stereocenters. The van der Waals surface area contributed by atoms with Gasteiger partial charge in [0.05, 0.1) is 13.2 Å². The third-order valence-electron chi connectivity index (χ3n) is 1.62. The van der Waals surface area contributed by atoms with E-state index in [1.165, 1.54) is 0 Å². The van der Waals surface area contributed by atoms with Gasteiger partial charge < -0.3 is 14.2 Å². The van der Waals surface area contributed by atoms with Crippen molar-refractivity contribution in [3.05, 3.63) is 12.2 Å². The van der Waals surface area contributed by atoms with Gasteiger partial charge >= 0.3 is 11.9 Å². The molecule has 1 saturated heterocycles. The Balaban J connectivity index is 2.11. The highest BCUT2D eigenvalue weighted by Crippen LogP contribution is 2.08. The third-order valence-corrected chi connectivity index (χ3v) is 1.62. The van der Waals surface area contributed by atoms with E-state index in [1.54, 1.807) is 0 Å². The summed E-state index contributed by atoms with van der Waals surface area (Å²) >= 11 is 0. The van der Waals surface area contributed by atoms with Crippen molar-refractivity contribution in [3.8, 4) is 0 Å². The molecular formula is C10H14O5. The number of rotatable bonds is 6. The first-order valence-electron chi connectivity index (χ1n) is 4.85. The van der Waals surface area contributed by atoms with Gasteiger partial charge in [0.2, 0.25) is 0 Å². The number of epoxide rings is 1. The van der Waals surface area contributed by atoms with Gasteiger partial charge in [0.15, 0.2) is 0 Å². The second kappa shape index (κ2) is 6.19. The van der Waals surface area contributed by atoms with Gasteiger partial charge in [-0.05, 0) is 6.42 Å². The molecule has 0 radical (unpaired) electrons. The quantitative estimate of drug-likeness (QED) is 0.364. The molecule has 0 amide bonds. The highest BCUT2D eigenvalue weighted by Gasteiger charge is 2.23. The second-order valence-corrected chi connectivity index (χ2v) is 3.09. The van der Waals surface area contributed by atoms with E-state index in [9.17, 15) is 9.59 Å². The van der Waals surface area contributed by atoms with Gasteiger partial charge in [0.1, 0.15) is 12.7 Å². The van der Waals surface area contributed by atoms with Crippen molar-refractivity contribution < 1.29 is 23.8 Å². The molecule has 0 aromatic heterocycles. The molecular weight excluding hydrogens is 200 g/mol. The molecule has 1 fully saturated rings. The minimum Gasteiger partial charge on any atom is -0.463 e. The van der Waals surface area contributed by atoms with Gasteiger partial charge in [-0.1, -0.05) is 6.92 Å². The number of carbonyl (C=O) groups excluding carboxylic acids is 2. The number of esters is 2. The first-order valence-corrected chi connectivity index (χ1v) is 4.85. The molecule has 1 aliphatic rings. The number of hydrogen-bond acceptors (Lipinski definition) is 5. The molecule has 0 aliphatic carbocycles. The fourth-order valence-corrected chi connectivity index (χ4v) is 0.774. The number of hydrogen-bond donors (Lipinski definition) is 0. The van der Waals surface area contributed by atoms with Crippen LogP contribution >= 0.6 is 0 Å². The molecule has 0 aromatic rings. The lowest BCUT2D eigenvalue weighted by Crippen LogP contribution is -2.08. The molecule has 0 N–H and O–H groups in total. The van der Waals surface area contributed by atoms with Crippen LogP contribution in [-0.4, -0.2) is 37.9 Å². The predicted molar refractivity (Wildman–Crippen MR) is 51.1 cm³/mol. The molecule has 5 heteroatoms. The van der Waals surface area contributed by atoms with E-state index in [-0.39, 0.29) is 12.7 Å². The van der Waals surface area contributed by atoms with Crippen molar-refractivity contribution >= 4 is 11.9 Å². The molecule has 0 saturated carbocycles. The molecule has 1 unspecified atom stereocenters. The Kier molecular flexibility index (Phi) is 4.83. The van der Waals surface area contributed by atoms with Crippen molar-refractivity contribution in [1.29, 1.82) is 0 Å². The predicted octanol–water partition coefficient (Wildman–Crippen LogP) is 0.438. The van der Waals surface area contributed by atoms with Crippen LogP contribution in [0, 0.1) is 0 Å². The highest BCUT2D eigenvalue weighted by molar-refractivity contribution is 5.91. The lowest BCUT2D eigenvalue weighted by molar-refractivity contribution is -0.140. The minimum absolute atomic E-state index is 0.0365. The van der Waals surface area contributed by atoms with E-state index in [0.29, 0.717) is 13.2 Å². The van der Waals surface area contributed by atoms with E-state index >= 15 is 0 Å². The van der Waals surface area contributed by atoms with Crippen LogP contribution in [0.5, 0.6) is 0 Å². The average molecular weight is 214 g/mol. The van der Waals surface area contributed by atoms with Gasteiger partial charge in [-0.25, -0.2) is 9.59 Å². The zero-order valence-corrected chi connectivity index (χ0v) is 8.60. The van der Waals surface area contributed by atoms with Gasteiger partial charge in [-0.2, -0.15) is 0 Å². The molecule has 0 aromatic carbocycles. The minimum atomic E-state index is -0.557. The summed E-state index contributed by atoms with van der Waals surface area (Å²) in [7, 11) is 0. The van der Waals surface area contributed by atoms with Crippen LogP contribution in [0.3, 0.4) is 0 Å². The van der Waals surface area contributed by atoms with Gasteiger partial charge in [0.25, 0.3) is 0 Å². The lowest BCUT2D eigenvalue weighted by atomic mass is 10.5. The molecule has 0 spiro atoms. The summed E-state index contributed by atoms with van der Waals surface area (Å²) in [5.74, 6) is -1.09. The van der Waals surface area contributed by atoms with Crippen molar-refractivity contribution in [2.75, 3.05) is 19.8 Å². The Morgan fingerprint density at radius 3 is 2.47 bits per heavy atom. The second-order valence-electron chi connectivity index (χ2n) is 3.09. The largest absolute Gasteiger partial charge is 0.463 e. The van der Waals surface area contributed by atoms with Crippen LogP contribution in [-0.2, 0) is 23.8 Å². The van der Waals surface area contributed by atoms with Gasteiger partial charge in [-0.15, -0.1) is 0 Å². The number of carbonyl (C=O) groups is 2. The monoisotopic (exact) mass is 214 g/mol. The fourth-order valence-electron chi connectivity index (χ4n) is 0.774.